The van der Waals surface area contributed by atoms with Gasteiger partial charge in [0.05, 0.1) is 5.92 Å². The Labute approximate surface area is 169 Å². The van der Waals surface area contributed by atoms with Gasteiger partial charge in [-0.3, -0.25) is 9.59 Å². The molecule has 0 aliphatic carbocycles. The van der Waals surface area contributed by atoms with Crippen molar-refractivity contribution < 1.29 is 9.59 Å². The van der Waals surface area contributed by atoms with Crippen LogP contribution >= 0.6 is 12.4 Å². The second kappa shape index (κ2) is 11.3. The van der Waals surface area contributed by atoms with E-state index in [9.17, 15) is 9.59 Å². The molecule has 3 N–H and O–H groups in total. The Balaban J connectivity index is 0.00000364. The van der Waals surface area contributed by atoms with Gasteiger partial charge in [-0.2, -0.15) is 0 Å². The van der Waals surface area contributed by atoms with Crippen molar-refractivity contribution in [3.05, 3.63) is 35.4 Å². The molecule has 2 amide bonds. The molecule has 2 atom stereocenters. The summed E-state index contributed by atoms with van der Waals surface area (Å²) in [6, 6.07) is 8.68. The van der Waals surface area contributed by atoms with E-state index in [0.717, 1.165) is 25.7 Å². The van der Waals surface area contributed by atoms with Gasteiger partial charge in [-0.15, -0.1) is 12.4 Å². The van der Waals surface area contributed by atoms with Crippen molar-refractivity contribution in [2.45, 2.75) is 58.4 Å². The predicted octanol–water partition coefficient (Wildman–Crippen LogP) is 2.87. The van der Waals surface area contributed by atoms with Gasteiger partial charge in [0.25, 0.3) is 0 Å². The maximum atomic E-state index is 12.5. The van der Waals surface area contributed by atoms with Gasteiger partial charge >= 0.3 is 0 Å². The van der Waals surface area contributed by atoms with Gasteiger partial charge in [-0.05, 0) is 42.7 Å². The summed E-state index contributed by atoms with van der Waals surface area (Å²) in [7, 11) is 0. The smallest absolute Gasteiger partial charge is 0.224 e. The van der Waals surface area contributed by atoms with E-state index < -0.39 is 0 Å². The molecule has 0 radical (unpaired) electrons. The highest BCUT2D eigenvalue weighted by Gasteiger charge is 2.27. The molecule has 0 spiro atoms. The van der Waals surface area contributed by atoms with Gasteiger partial charge < -0.3 is 16.0 Å². The second-order valence-electron chi connectivity index (χ2n) is 7.75. The number of likely N-dealkylation sites (tertiary alicyclic amines) is 1. The van der Waals surface area contributed by atoms with Crippen LogP contribution in [-0.4, -0.2) is 42.4 Å². The number of halogens is 1. The number of nitrogens with zero attached hydrogens (tertiary/aromatic N) is 1. The molecule has 5 nitrogen and oxygen atoms in total. The van der Waals surface area contributed by atoms with Crippen LogP contribution in [0.15, 0.2) is 24.3 Å². The predicted molar refractivity (Wildman–Crippen MR) is 112 cm³/mol. The summed E-state index contributed by atoms with van der Waals surface area (Å²) in [5, 5.41) is 3.04. The van der Waals surface area contributed by atoms with Crippen LogP contribution in [0, 0.1) is 5.92 Å². The molecule has 1 aromatic rings. The molecule has 1 fully saturated rings. The van der Waals surface area contributed by atoms with Crippen LogP contribution in [-0.2, 0) is 16.0 Å². The first-order valence-corrected chi connectivity index (χ1v) is 9.74. The lowest BCUT2D eigenvalue weighted by Crippen LogP contribution is -2.42. The molecule has 0 unspecified atom stereocenters. The maximum Gasteiger partial charge on any atom is 0.224 e. The maximum absolute atomic E-state index is 12.5. The van der Waals surface area contributed by atoms with Gasteiger partial charge in [0.15, 0.2) is 0 Å². The lowest BCUT2D eigenvalue weighted by atomic mass is 10.00. The third kappa shape index (κ3) is 7.51. The Morgan fingerprint density at radius 3 is 2.44 bits per heavy atom. The molecule has 1 heterocycles. The van der Waals surface area contributed by atoms with E-state index in [0.29, 0.717) is 25.6 Å². The summed E-state index contributed by atoms with van der Waals surface area (Å²) in [5.41, 5.74) is 8.66. The number of aryl methyl sites for hydroxylation is 1. The summed E-state index contributed by atoms with van der Waals surface area (Å²) in [6.45, 7) is 7.61. The van der Waals surface area contributed by atoms with Crippen molar-refractivity contribution in [2.24, 2.45) is 11.7 Å². The third-order valence-electron chi connectivity index (χ3n) is 5.19. The van der Waals surface area contributed by atoms with E-state index in [1.165, 1.54) is 18.1 Å². The van der Waals surface area contributed by atoms with Gasteiger partial charge in [0.2, 0.25) is 11.8 Å². The standard InChI is InChI=1S/C21H33N3O2.ClH/c1-15(2)18-8-6-17(7-9-18)5-4-12-23-21(26)19-10-11-20(22)14-24(13-19)16(3)25;/h6-9,15,19-20H,4-5,10-14,22H2,1-3H3,(H,23,26);1H/t19-,20+;/m1./s1. The molecule has 1 aliphatic rings. The summed E-state index contributed by atoms with van der Waals surface area (Å²) in [5.74, 6) is 0.425. The normalized spacial score (nSPS) is 20.0. The number of benzene rings is 1. The number of hydrogen-bond donors (Lipinski definition) is 2. The minimum Gasteiger partial charge on any atom is -0.356 e. The average molecular weight is 396 g/mol. The van der Waals surface area contributed by atoms with E-state index in [1.807, 2.05) is 0 Å². The zero-order valence-electron chi connectivity index (χ0n) is 16.7. The Kier molecular flexibility index (Phi) is 9.81. The fraction of sp³-hybridized carbons (Fsp3) is 0.619. The Bertz CT molecular complexity index is 604. The molecule has 152 valence electrons. The van der Waals surface area contributed by atoms with Crippen molar-refractivity contribution in [1.29, 1.82) is 0 Å². The fourth-order valence-corrected chi connectivity index (χ4v) is 3.41. The first kappa shape index (κ1) is 23.4. The minimum absolute atomic E-state index is 0. The summed E-state index contributed by atoms with van der Waals surface area (Å²) in [4.78, 5) is 25.9. The topological polar surface area (TPSA) is 75.4 Å². The van der Waals surface area contributed by atoms with Crippen molar-refractivity contribution in [3.63, 3.8) is 0 Å². The number of rotatable bonds is 6. The van der Waals surface area contributed by atoms with Crippen LogP contribution in [0.3, 0.4) is 0 Å². The first-order chi connectivity index (χ1) is 12.4. The summed E-state index contributed by atoms with van der Waals surface area (Å²) >= 11 is 0. The number of amides is 2. The molecule has 0 saturated carbocycles. The van der Waals surface area contributed by atoms with E-state index >= 15 is 0 Å². The molecule has 1 aliphatic heterocycles. The fourth-order valence-electron chi connectivity index (χ4n) is 3.41. The lowest BCUT2D eigenvalue weighted by molar-refractivity contribution is -0.131. The van der Waals surface area contributed by atoms with E-state index in [1.54, 1.807) is 4.90 Å². The van der Waals surface area contributed by atoms with E-state index in [4.69, 9.17) is 5.73 Å². The highest BCUT2D eigenvalue weighted by atomic mass is 35.5. The van der Waals surface area contributed by atoms with Crippen LogP contribution < -0.4 is 11.1 Å². The number of carbonyl (C=O) groups is 2. The molecular weight excluding hydrogens is 362 g/mol. The lowest BCUT2D eigenvalue weighted by Gasteiger charge is -2.23. The van der Waals surface area contributed by atoms with Crippen LogP contribution in [0.5, 0.6) is 0 Å². The molecular formula is C21H34ClN3O2. The number of nitrogens with one attached hydrogen (secondary N) is 1. The highest BCUT2D eigenvalue weighted by Crippen LogP contribution is 2.17. The van der Waals surface area contributed by atoms with Crippen LogP contribution in [0.1, 0.15) is 57.1 Å². The van der Waals surface area contributed by atoms with Crippen molar-refractivity contribution in [2.75, 3.05) is 19.6 Å². The first-order valence-electron chi connectivity index (χ1n) is 9.74. The van der Waals surface area contributed by atoms with Crippen LogP contribution in [0.4, 0.5) is 0 Å². The highest BCUT2D eigenvalue weighted by molar-refractivity contribution is 5.85. The van der Waals surface area contributed by atoms with Crippen molar-refractivity contribution >= 4 is 24.2 Å². The van der Waals surface area contributed by atoms with Crippen molar-refractivity contribution in [3.8, 4) is 0 Å². The van der Waals surface area contributed by atoms with Gasteiger partial charge in [0, 0.05) is 32.6 Å². The summed E-state index contributed by atoms with van der Waals surface area (Å²) < 4.78 is 0. The van der Waals surface area contributed by atoms with Gasteiger partial charge in [-0.1, -0.05) is 38.1 Å². The van der Waals surface area contributed by atoms with Gasteiger partial charge in [0.1, 0.15) is 0 Å². The molecule has 0 aromatic heterocycles. The Morgan fingerprint density at radius 1 is 1.19 bits per heavy atom. The molecule has 2 rings (SSSR count). The molecule has 1 saturated heterocycles. The monoisotopic (exact) mass is 395 g/mol. The average Bonchev–Trinajstić information content (AvgIpc) is 2.81. The molecule has 6 heteroatoms. The number of carbonyl (C=O) groups excluding carboxylic acids is 2. The zero-order valence-corrected chi connectivity index (χ0v) is 17.6. The summed E-state index contributed by atoms with van der Waals surface area (Å²) in [6.07, 6.45) is 3.39. The molecule has 27 heavy (non-hydrogen) atoms. The quantitative estimate of drug-likeness (QED) is 0.727. The van der Waals surface area contributed by atoms with E-state index in [2.05, 4.69) is 43.4 Å². The second-order valence-corrected chi connectivity index (χ2v) is 7.75. The zero-order chi connectivity index (χ0) is 19.1. The molecule has 1 aromatic carbocycles. The Morgan fingerprint density at radius 2 is 1.85 bits per heavy atom. The van der Waals surface area contributed by atoms with Gasteiger partial charge in [-0.25, -0.2) is 0 Å². The largest absolute Gasteiger partial charge is 0.356 e. The Hall–Kier alpha value is -1.59. The number of hydrogen-bond acceptors (Lipinski definition) is 3. The third-order valence-corrected chi connectivity index (χ3v) is 5.19. The number of nitrogens with two attached hydrogens (primary N) is 1. The van der Waals surface area contributed by atoms with Crippen LogP contribution in [0.25, 0.3) is 0 Å². The van der Waals surface area contributed by atoms with Crippen LogP contribution in [0.2, 0.25) is 0 Å². The molecule has 0 bridgehead atoms. The van der Waals surface area contributed by atoms with Crippen molar-refractivity contribution in [1.82, 2.24) is 10.2 Å². The minimum atomic E-state index is -0.155. The van der Waals surface area contributed by atoms with E-state index in [-0.39, 0.29) is 36.2 Å². The SMILES string of the molecule is CC(=O)N1C[C@@H](N)CC[C@@H](C(=O)NCCCc2ccc(C(C)C)cc2)C1.Cl.